The largest absolute Gasteiger partial charge is 0.452 e. The minimum atomic E-state index is -3.86. The molecule has 2 N–H and O–H groups in total. The molecule has 0 saturated heterocycles. The maximum Gasteiger partial charge on any atom is 0.341 e. The first-order chi connectivity index (χ1) is 12.6. The lowest BCUT2D eigenvalue weighted by atomic mass is 10.1. The third kappa shape index (κ3) is 5.11. The number of aryl methyl sites for hydroxylation is 2. The first-order valence-electron chi connectivity index (χ1n) is 7.91. The standard InChI is InChI=1S/C18H19FN2O5S/c1-11-4-5-12(2)16(8-11)21-17(22)10-26-18(23)14-9-13(6-7-15(14)19)27(24,25)20-3/h4-9,20H,10H2,1-3H3,(H,21,22). The van der Waals surface area contributed by atoms with Crippen LogP contribution in [0.2, 0.25) is 0 Å². The van der Waals surface area contributed by atoms with E-state index in [9.17, 15) is 22.4 Å². The molecule has 1 amide bonds. The molecule has 9 heteroatoms. The monoisotopic (exact) mass is 394 g/mol. The van der Waals surface area contributed by atoms with Crippen molar-refractivity contribution < 1.29 is 27.1 Å². The van der Waals surface area contributed by atoms with Crippen LogP contribution in [0.5, 0.6) is 0 Å². The van der Waals surface area contributed by atoms with E-state index >= 15 is 0 Å². The van der Waals surface area contributed by atoms with Gasteiger partial charge < -0.3 is 10.1 Å². The van der Waals surface area contributed by atoms with Gasteiger partial charge in [-0.25, -0.2) is 22.3 Å². The van der Waals surface area contributed by atoms with E-state index in [4.69, 9.17) is 4.74 Å². The van der Waals surface area contributed by atoms with Gasteiger partial charge in [0.25, 0.3) is 5.91 Å². The van der Waals surface area contributed by atoms with Crippen LogP contribution in [0.3, 0.4) is 0 Å². The summed E-state index contributed by atoms with van der Waals surface area (Å²) < 4.78 is 44.3. The number of benzene rings is 2. The second-order valence-corrected chi connectivity index (χ2v) is 7.68. The number of esters is 1. The Kier molecular flexibility index (Phi) is 6.29. The van der Waals surface area contributed by atoms with Gasteiger partial charge in [-0.15, -0.1) is 0 Å². The van der Waals surface area contributed by atoms with Gasteiger partial charge in [0.2, 0.25) is 10.0 Å². The Balaban J connectivity index is 2.08. The average Bonchev–Trinajstić information content (AvgIpc) is 2.63. The summed E-state index contributed by atoms with van der Waals surface area (Å²) in [5, 5.41) is 2.60. The van der Waals surface area contributed by atoms with Crippen molar-refractivity contribution in [2.24, 2.45) is 0 Å². The Labute approximate surface area is 156 Å². The SMILES string of the molecule is CNS(=O)(=O)c1ccc(F)c(C(=O)OCC(=O)Nc2cc(C)ccc2C)c1. The predicted octanol–water partition coefficient (Wildman–Crippen LogP) is 2.15. The number of hydrogen-bond acceptors (Lipinski definition) is 5. The van der Waals surface area contributed by atoms with Gasteiger partial charge in [0.15, 0.2) is 6.61 Å². The number of carbonyl (C=O) groups excluding carboxylic acids is 2. The zero-order valence-electron chi connectivity index (χ0n) is 15.0. The Morgan fingerprint density at radius 2 is 1.81 bits per heavy atom. The highest BCUT2D eigenvalue weighted by atomic mass is 32.2. The van der Waals surface area contributed by atoms with Crippen LogP contribution in [0.1, 0.15) is 21.5 Å². The molecule has 0 aliphatic rings. The number of anilines is 1. The van der Waals surface area contributed by atoms with E-state index in [-0.39, 0.29) is 4.90 Å². The van der Waals surface area contributed by atoms with Crippen LogP contribution in [0, 0.1) is 19.7 Å². The minimum absolute atomic E-state index is 0.293. The highest BCUT2D eigenvalue weighted by Crippen LogP contribution is 2.17. The molecule has 0 radical (unpaired) electrons. The van der Waals surface area contributed by atoms with Gasteiger partial charge in [0.1, 0.15) is 5.82 Å². The number of amides is 1. The summed E-state index contributed by atoms with van der Waals surface area (Å²) in [5.41, 5.74) is 1.77. The molecule has 0 aromatic heterocycles. The summed E-state index contributed by atoms with van der Waals surface area (Å²) in [7, 11) is -2.67. The summed E-state index contributed by atoms with van der Waals surface area (Å²) in [4.78, 5) is 23.7. The van der Waals surface area contributed by atoms with Gasteiger partial charge in [-0.05, 0) is 56.3 Å². The van der Waals surface area contributed by atoms with Crippen LogP contribution < -0.4 is 10.0 Å². The lowest BCUT2D eigenvalue weighted by Gasteiger charge is -2.10. The number of sulfonamides is 1. The first kappa shape index (κ1) is 20.5. The van der Waals surface area contributed by atoms with Crippen molar-refractivity contribution in [3.63, 3.8) is 0 Å². The molecule has 144 valence electrons. The van der Waals surface area contributed by atoms with Crippen molar-refractivity contribution in [1.29, 1.82) is 0 Å². The second-order valence-electron chi connectivity index (χ2n) is 5.79. The number of nitrogens with one attached hydrogen (secondary N) is 2. The van der Waals surface area contributed by atoms with E-state index in [2.05, 4.69) is 10.0 Å². The first-order valence-corrected chi connectivity index (χ1v) is 9.39. The van der Waals surface area contributed by atoms with Crippen molar-refractivity contribution in [1.82, 2.24) is 4.72 Å². The highest BCUT2D eigenvalue weighted by Gasteiger charge is 2.20. The van der Waals surface area contributed by atoms with Crippen LogP contribution in [0.25, 0.3) is 0 Å². The molecule has 0 heterocycles. The molecule has 2 aromatic rings. The minimum Gasteiger partial charge on any atom is -0.452 e. The molecule has 0 atom stereocenters. The summed E-state index contributed by atoms with van der Waals surface area (Å²) in [6.45, 7) is 3.03. The Morgan fingerprint density at radius 3 is 2.48 bits per heavy atom. The van der Waals surface area contributed by atoms with Crippen molar-refractivity contribution in [3.05, 3.63) is 58.9 Å². The molecule has 0 bridgehead atoms. The van der Waals surface area contributed by atoms with E-state index in [0.717, 1.165) is 29.3 Å². The van der Waals surface area contributed by atoms with Crippen molar-refractivity contribution in [2.45, 2.75) is 18.7 Å². The van der Waals surface area contributed by atoms with Gasteiger partial charge in [0, 0.05) is 5.69 Å². The van der Waals surface area contributed by atoms with Crippen molar-refractivity contribution in [2.75, 3.05) is 19.0 Å². The topological polar surface area (TPSA) is 102 Å². The maximum atomic E-state index is 13.9. The number of halogens is 1. The highest BCUT2D eigenvalue weighted by molar-refractivity contribution is 7.89. The van der Waals surface area contributed by atoms with Crippen LogP contribution in [0.4, 0.5) is 10.1 Å². The fraction of sp³-hybridized carbons (Fsp3) is 0.222. The van der Waals surface area contributed by atoms with E-state index in [1.54, 1.807) is 6.07 Å². The molecule has 0 unspecified atom stereocenters. The fourth-order valence-electron chi connectivity index (χ4n) is 2.21. The molecule has 2 aromatic carbocycles. The molecular weight excluding hydrogens is 375 g/mol. The molecule has 0 aliphatic carbocycles. The quantitative estimate of drug-likeness (QED) is 0.731. The van der Waals surface area contributed by atoms with Crippen LogP contribution in [-0.2, 0) is 19.6 Å². The van der Waals surface area contributed by atoms with E-state index < -0.39 is 39.9 Å². The van der Waals surface area contributed by atoms with E-state index in [1.165, 1.54) is 7.05 Å². The third-order valence-electron chi connectivity index (χ3n) is 3.74. The van der Waals surface area contributed by atoms with E-state index in [1.807, 2.05) is 26.0 Å². The number of hydrogen-bond donors (Lipinski definition) is 2. The molecule has 0 aliphatic heterocycles. The number of ether oxygens (including phenoxy) is 1. The zero-order chi connectivity index (χ0) is 20.2. The lowest BCUT2D eigenvalue weighted by Crippen LogP contribution is -2.22. The van der Waals surface area contributed by atoms with Gasteiger partial charge >= 0.3 is 5.97 Å². The Hall–Kier alpha value is -2.78. The maximum absolute atomic E-state index is 13.9. The summed E-state index contributed by atoms with van der Waals surface area (Å²) >= 11 is 0. The normalized spacial score (nSPS) is 11.1. The molecule has 0 fully saturated rings. The number of rotatable bonds is 6. The van der Waals surface area contributed by atoms with Crippen LogP contribution in [0.15, 0.2) is 41.3 Å². The molecule has 2 rings (SSSR count). The van der Waals surface area contributed by atoms with Gasteiger partial charge in [-0.2, -0.15) is 0 Å². The van der Waals surface area contributed by atoms with Crippen LogP contribution >= 0.6 is 0 Å². The molecular formula is C18H19FN2O5S. The average molecular weight is 394 g/mol. The van der Waals surface area contributed by atoms with Crippen LogP contribution in [-0.4, -0.2) is 33.9 Å². The zero-order valence-corrected chi connectivity index (χ0v) is 15.8. The lowest BCUT2D eigenvalue weighted by molar-refractivity contribution is -0.119. The summed E-state index contributed by atoms with van der Waals surface area (Å²) in [5.74, 6) is -2.70. The van der Waals surface area contributed by atoms with Gasteiger partial charge in [-0.1, -0.05) is 12.1 Å². The molecule has 27 heavy (non-hydrogen) atoms. The third-order valence-corrected chi connectivity index (χ3v) is 5.15. The van der Waals surface area contributed by atoms with Crippen molar-refractivity contribution >= 4 is 27.6 Å². The fourth-order valence-corrected chi connectivity index (χ4v) is 2.97. The number of carbonyl (C=O) groups is 2. The van der Waals surface area contributed by atoms with Gasteiger partial charge in [-0.3, -0.25) is 4.79 Å². The molecule has 7 nitrogen and oxygen atoms in total. The van der Waals surface area contributed by atoms with E-state index in [0.29, 0.717) is 5.69 Å². The second kappa shape index (κ2) is 8.28. The smallest absolute Gasteiger partial charge is 0.341 e. The predicted molar refractivity (Wildman–Crippen MR) is 97.5 cm³/mol. The molecule has 0 spiro atoms. The Bertz CT molecular complexity index is 989. The summed E-state index contributed by atoms with van der Waals surface area (Å²) in [6.07, 6.45) is 0. The molecule has 0 saturated carbocycles. The summed E-state index contributed by atoms with van der Waals surface area (Å²) in [6, 6.07) is 8.20. The van der Waals surface area contributed by atoms with Gasteiger partial charge in [0.05, 0.1) is 10.5 Å². The Morgan fingerprint density at radius 1 is 1.11 bits per heavy atom. The van der Waals surface area contributed by atoms with Crippen molar-refractivity contribution in [3.8, 4) is 0 Å².